The first kappa shape index (κ1) is 10.8. The maximum Gasteiger partial charge on any atom is 0.172 e. The molecule has 0 aliphatic carbocycles. The van der Waals surface area contributed by atoms with Gasteiger partial charge in [-0.25, -0.2) is 0 Å². The Morgan fingerprint density at radius 2 is 2.07 bits per heavy atom. The van der Waals surface area contributed by atoms with Crippen LogP contribution in [0.4, 0.5) is 0 Å². The van der Waals surface area contributed by atoms with Crippen molar-refractivity contribution in [2.75, 3.05) is 0 Å². The molecule has 0 amide bonds. The highest BCUT2D eigenvalue weighted by molar-refractivity contribution is 6.43. The number of hydrogen-bond acceptors (Lipinski definition) is 2. The van der Waals surface area contributed by atoms with Crippen molar-refractivity contribution in [3.63, 3.8) is 0 Å². The van der Waals surface area contributed by atoms with Crippen LogP contribution < -0.4 is 0 Å². The quantitative estimate of drug-likeness (QED) is 0.750. The third-order valence-electron chi connectivity index (χ3n) is 1.98. The van der Waals surface area contributed by atoms with Gasteiger partial charge in [0.15, 0.2) is 5.76 Å². The lowest BCUT2D eigenvalue weighted by Crippen LogP contribution is -1.82. The first-order valence-corrected chi connectivity index (χ1v) is 5.47. The molecule has 1 aromatic carbocycles. The molecule has 0 N–H and O–H groups in total. The fourth-order valence-electron chi connectivity index (χ4n) is 1.26. The Labute approximate surface area is 102 Å². The van der Waals surface area contributed by atoms with E-state index in [1.807, 2.05) is 6.07 Å². The van der Waals surface area contributed by atoms with E-state index < -0.39 is 0 Å². The van der Waals surface area contributed by atoms with Crippen LogP contribution in [0.25, 0.3) is 11.3 Å². The lowest BCUT2D eigenvalue weighted by Gasteiger charge is -2.02. The molecule has 0 atom stereocenters. The highest BCUT2D eigenvalue weighted by atomic mass is 35.5. The van der Waals surface area contributed by atoms with Gasteiger partial charge in [0.2, 0.25) is 0 Å². The smallest absolute Gasteiger partial charge is 0.172 e. The van der Waals surface area contributed by atoms with Gasteiger partial charge in [0, 0.05) is 11.1 Å². The molecule has 1 heterocycles. The molecule has 0 radical (unpaired) electrons. The molecule has 78 valence electrons. The van der Waals surface area contributed by atoms with Crippen molar-refractivity contribution in [2.24, 2.45) is 0 Å². The SMILES string of the molecule is ClCc1cnoc1-c1cccc(Cl)c1Cl. The number of aromatic nitrogens is 1. The van der Waals surface area contributed by atoms with E-state index in [0.29, 0.717) is 27.2 Å². The maximum atomic E-state index is 6.05. The van der Waals surface area contributed by atoms with Crippen LogP contribution in [-0.2, 0) is 5.88 Å². The molecule has 0 spiro atoms. The van der Waals surface area contributed by atoms with Crippen molar-refractivity contribution in [1.29, 1.82) is 0 Å². The summed E-state index contributed by atoms with van der Waals surface area (Å²) in [4.78, 5) is 0. The fraction of sp³-hybridized carbons (Fsp3) is 0.100. The molecule has 0 saturated heterocycles. The second kappa shape index (κ2) is 4.44. The second-order valence-electron chi connectivity index (χ2n) is 2.92. The molecule has 0 aliphatic heterocycles. The van der Waals surface area contributed by atoms with Crippen molar-refractivity contribution in [3.8, 4) is 11.3 Å². The van der Waals surface area contributed by atoms with E-state index >= 15 is 0 Å². The molecule has 0 aliphatic rings. The van der Waals surface area contributed by atoms with Gasteiger partial charge in [0.1, 0.15) is 0 Å². The minimum atomic E-state index is 0.321. The average Bonchev–Trinajstić information content (AvgIpc) is 2.70. The number of hydrogen-bond donors (Lipinski definition) is 0. The molecule has 5 heteroatoms. The van der Waals surface area contributed by atoms with Crippen molar-refractivity contribution < 1.29 is 4.52 Å². The molecular formula is C10H6Cl3NO. The van der Waals surface area contributed by atoms with Crippen molar-refractivity contribution >= 4 is 34.8 Å². The van der Waals surface area contributed by atoms with Crippen LogP contribution in [-0.4, -0.2) is 5.16 Å². The molecule has 0 fully saturated rings. The number of nitrogens with zero attached hydrogens (tertiary/aromatic N) is 1. The Bertz CT molecular complexity index is 481. The van der Waals surface area contributed by atoms with Crippen LogP contribution in [0.5, 0.6) is 0 Å². The van der Waals surface area contributed by atoms with E-state index in [1.54, 1.807) is 18.3 Å². The van der Waals surface area contributed by atoms with E-state index in [0.717, 1.165) is 5.56 Å². The maximum absolute atomic E-state index is 6.05. The average molecular weight is 263 g/mol. The molecular weight excluding hydrogens is 256 g/mol. The van der Waals surface area contributed by atoms with Crippen LogP contribution in [0, 0.1) is 0 Å². The Hall–Kier alpha value is -0.700. The predicted molar refractivity (Wildman–Crippen MR) is 61.5 cm³/mol. The molecule has 0 unspecified atom stereocenters. The minimum absolute atomic E-state index is 0.321. The summed E-state index contributed by atoms with van der Waals surface area (Å²) in [6.07, 6.45) is 1.57. The molecule has 0 saturated carbocycles. The van der Waals surface area contributed by atoms with Crippen molar-refractivity contribution in [1.82, 2.24) is 5.16 Å². The van der Waals surface area contributed by atoms with Crippen LogP contribution in [0.3, 0.4) is 0 Å². The van der Waals surface area contributed by atoms with Gasteiger partial charge in [-0.3, -0.25) is 0 Å². The van der Waals surface area contributed by atoms with E-state index in [-0.39, 0.29) is 0 Å². The predicted octanol–water partition coefficient (Wildman–Crippen LogP) is 4.39. The van der Waals surface area contributed by atoms with Crippen LogP contribution >= 0.6 is 34.8 Å². The standard InChI is InChI=1S/C10H6Cl3NO/c11-4-6-5-14-15-10(6)7-2-1-3-8(12)9(7)13/h1-3,5H,4H2. The van der Waals surface area contributed by atoms with Crippen LogP contribution in [0.15, 0.2) is 28.9 Å². The summed E-state index contributed by atoms with van der Waals surface area (Å²) in [6, 6.07) is 5.32. The Morgan fingerprint density at radius 1 is 1.27 bits per heavy atom. The van der Waals surface area contributed by atoms with E-state index in [1.165, 1.54) is 0 Å². The summed E-state index contributed by atoms with van der Waals surface area (Å²) >= 11 is 17.7. The lowest BCUT2D eigenvalue weighted by atomic mass is 10.1. The zero-order valence-corrected chi connectivity index (χ0v) is 9.77. The van der Waals surface area contributed by atoms with Gasteiger partial charge in [-0.15, -0.1) is 11.6 Å². The summed E-state index contributed by atoms with van der Waals surface area (Å²) in [5, 5.41) is 4.60. The van der Waals surface area contributed by atoms with Gasteiger partial charge in [-0.05, 0) is 12.1 Å². The Balaban J connectivity index is 2.59. The number of halogens is 3. The molecule has 2 aromatic rings. The van der Waals surface area contributed by atoms with Gasteiger partial charge in [-0.1, -0.05) is 34.4 Å². The molecule has 2 rings (SSSR count). The van der Waals surface area contributed by atoms with Gasteiger partial charge in [0.05, 0.1) is 22.1 Å². The summed E-state index contributed by atoms with van der Waals surface area (Å²) in [6.45, 7) is 0. The summed E-state index contributed by atoms with van der Waals surface area (Å²) in [5.41, 5.74) is 1.50. The van der Waals surface area contributed by atoms with E-state index in [4.69, 9.17) is 39.3 Å². The van der Waals surface area contributed by atoms with Gasteiger partial charge in [-0.2, -0.15) is 0 Å². The van der Waals surface area contributed by atoms with Crippen LogP contribution in [0.1, 0.15) is 5.56 Å². The minimum Gasteiger partial charge on any atom is -0.356 e. The third kappa shape index (κ3) is 1.98. The highest BCUT2D eigenvalue weighted by Crippen LogP contribution is 2.35. The Morgan fingerprint density at radius 3 is 2.80 bits per heavy atom. The topological polar surface area (TPSA) is 26.0 Å². The summed E-state index contributed by atoms with van der Waals surface area (Å²) in [5.74, 6) is 0.888. The molecule has 1 aromatic heterocycles. The first-order valence-electron chi connectivity index (χ1n) is 4.18. The summed E-state index contributed by atoms with van der Waals surface area (Å²) < 4.78 is 5.10. The fourth-order valence-corrected chi connectivity index (χ4v) is 1.83. The zero-order valence-electron chi connectivity index (χ0n) is 7.51. The van der Waals surface area contributed by atoms with Crippen molar-refractivity contribution in [3.05, 3.63) is 40.0 Å². The second-order valence-corrected chi connectivity index (χ2v) is 3.97. The zero-order chi connectivity index (χ0) is 10.8. The summed E-state index contributed by atoms with van der Waals surface area (Å²) in [7, 11) is 0. The number of rotatable bonds is 2. The molecule has 2 nitrogen and oxygen atoms in total. The largest absolute Gasteiger partial charge is 0.356 e. The van der Waals surface area contributed by atoms with Gasteiger partial charge >= 0.3 is 0 Å². The monoisotopic (exact) mass is 261 g/mol. The first-order chi connectivity index (χ1) is 7.24. The molecule has 15 heavy (non-hydrogen) atoms. The van der Waals surface area contributed by atoms with E-state index in [9.17, 15) is 0 Å². The normalized spacial score (nSPS) is 10.6. The highest BCUT2D eigenvalue weighted by Gasteiger charge is 2.14. The van der Waals surface area contributed by atoms with Gasteiger partial charge < -0.3 is 4.52 Å². The Kier molecular flexibility index (Phi) is 3.19. The van der Waals surface area contributed by atoms with E-state index in [2.05, 4.69) is 5.16 Å². The van der Waals surface area contributed by atoms with Gasteiger partial charge in [0.25, 0.3) is 0 Å². The number of benzene rings is 1. The number of alkyl halides is 1. The van der Waals surface area contributed by atoms with Crippen LogP contribution in [0.2, 0.25) is 10.0 Å². The third-order valence-corrected chi connectivity index (χ3v) is 3.09. The molecule has 0 bridgehead atoms. The van der Waals surface area contributed by atoms with Crippen molar-refractivity contribution in [2.45, 2.75) is 5.88 Å². The lowest BCUT2D eigenvalue weighted by molar-refractivity contribution is 0.432.